The molecule has 6 aromatic carbocycles. The van der Waals surface area contributed by atoms with Crippen LogP contribution >= 0.6 is 0 Å². The van der Waals surface area contributed by atoms with E-state index >= 15 is 0 Å². The van der Waals surface area contributed by atoms with E-state index in [0.717, 1.165) is 19.3 Å². The standard InChI is InChI=1S/3C15H14.3C2H6.3CH4/c1-10-7-13-9-12-5-3-4-6-14(12)15(13)8-11(10)2;1-10-7-8-13-9-12-5-3-4-6-14(12)15(13)11(10)2;1-10-7-8-14-13-6-4-3-5-12(13)9-15(14)11(10)2;3*1-2;;;/h3*3-8H,9H2,1-2H3;3*1-2H3;3*1H4. The molecule has 0 aromatic heterocycles. The molecule has 6 aromatic rings. The average Bonchev–Trinajstić information content (AvgIpc) is 3.86. The van der Waals surface area contributed by atoms with Crippen molar-refractivity contribution in [1.29, 1.82) is 0 Å². The van der Waals surface area contributed by atoms with Crippen LogP contribution in [0.25, 0.3) is 33.4 Å². The van der Waals surface area contributed by atoms with Crippen LogP contribution in [-0.4, -0.2) is 0 Å². The maximum atomic E-state index is 2.34. The molecule has 0 fully saturated rings. The molecule has 0 saturated carbocycles. The Hall–Kier alpha value is -4.68. The lowest BCUT2D eigenvalue weighted by Gasteiger charge is -2.08. The average molecular weight is 721 g/mol. The highest BCUT2D eigenvalue weighted by atomic mass is 14.3. The molecule has 288 valence electrons. The van der Waals surface area contributed by atoms with E-state index in [1.165, 1.54) is 100 Å². The molecular formula is C54H72. The van der Waals surface area contributed by atoms with Crippen molar-refractivity contribution in [1.82, 2.24) is 0 Å². The molecule has 0 heteroatoms. The summed E-state index contributed by atoms with van der Waals surface area (Å²) in [6.07, 6.45) is 3.32. The first-order chi connectivity index (χ1) is 24.8. The molecule has 0 amide bonds. The Bertz CT molecular complexity index is 2080. The third kappa shape index (κ3) is 9.70. The van der Waals surface area contributed by atoms with Gasteiger partial charge in [-0.25, -0.2) is 0 Å². The van der Waals surface area contributed by atoms with Gasteiger partial charge in [0.05, 0.1) is 0 Å². The first-order valence-electron chi connectivity index (χ1n) is 19.3. The van der Waals surface area contributed by atoms with E-state index in [4.69, 9.17) is 0 Å². The van der Waals surface area contributed by atoms with Crippen LogP contribution in [0.5, 0.6) is 0 Å². The molecule has 0 bridgehead atoms. The topological polar surface area (TPSA) is 0 Å². The summed E-state index contributed by atoms with van der Waals surface area (Å²) in [5.74, 6) is 0. The highest BCUT2D eigenvalue weighted by Crippen LogP contribution is 2.41. The lowest BCUT2D eigenvalue weighted by molar-refractivity contribution is 1.19. The van der Waals surface area contributed by atoms with Crippen LogP contribution in [0.15, 0.2) is 109 Å². The Labute approximate surface area is 332 Å². The van der Waals surface area contributed by atoms with Gasteiger partial charge in [-0.05, 0) is 161 Å². The van der Waals surface area contributed by atoms with Gasteiger partial charge in [0, 0.05) is 0 Å². The van der Waals surface area contributed by atoms with Crippen molar-refractivity contribution in [3.63, 3.8) is 0 Å². The molecule has 0 spiro atoms. The largest absolute Gasteiger partial charge is 0.0776 e. The van der Waals surface area contributed by atoms with Crippen LogP contribution in [0.1, 0.15) is 131 Å². The molecule has 3 aliphatic carbocycles. The molecule has 0 atom stereocenters. The molecule has 0 aliphatic heterocycles. The van der Waals surface area contributed by atoms with Crippen molar-refractivity contribution in [2.24, 2.45) is 0 Å². The lowest BCUT2D eigenvalue weighted by Crippen LogP contribution is -1.89. The Morgan fingerprint density at radius 3 is 1.33 bits per heavy atom. The Morgan fingerprint density at radius 1 is 0.315 bits per heavy atom. The van der Waals surface area contributed by atoms with E-state index in [2.05, 4.69) is 151 Å². The van der Waals surface area contributed by atoms with Crippen molar-refractivity contribution in [3.8, 4) is 33.4 Å². The molecule has 3 aliphatic rings. The fraction of sp³-hybridized carbons (Fsp3) is 0.333. The summed E-state index contributed by atoms with van der Waals surface area (Å²) in [6, 6.07) is 39.9. The Morgan fingerprint density at radius 2 is 0.741 bits per heavy atom. The summed E-state index contributed by atoms with van der Waals surface area (Å²) in [7, 11) is 0. The van der Waals surface area contributed by atoms with Gasteiger partial charge in [-0.15, -0.1) is 0 Å². The smallest absolute Gasteiger partial charge is 0.00107 e. The lowest BCUT2D eigenvalue weighted by atomic mass is 9.97. The zero-order chi connectivity index (χ0) is 37.2. The second-order valence-electron chi connectivity index (χ2n) is 13.2. The summed E-state index contributed by atoms with van der Waals surface area (Å²) >= 11 is 0. The van der Waals surface area contributed by atoms with Gasteiger partial charge in [-0.2, -0.15) is 0 Å². The molecule has 0 nitrogen and oxygen atoms in total. The van der Waals surface area contributed by atoms with Crippen LogP contribution in [0, 0.1) is 41.5 Å². The number of hydrogen-bond donors (Lipinski definition) is 0. The highest BCUT2D eigenvalue weighted by molar-refractivity contribution is 5.81. The maximum absolute atomic E-state index is 2.34. The van der Waals surface area contributed by atoms with Crippen molar-refractivity contribution in [2.45, 2.75) is 125 Å². The van der Waals surface area contributed by atoms with Gasteiger partial charge in [0.25, 0.3) is 0 Å². The minimum Gasteiger partial charge on any atom is -0.0776 e. The first-order valence-corrected chi connectivity index (χ1v) is 19.3. The van der Waals surface area contributed by atoms with Crippen molar-refractivity contribution < 1.29 is 0 Å². The van der Waals surface area contributed by atoms with E-state index in [-0.39, 0.29) is 22.3 Å². The molecule has 0 saturated heterocycles. The molecular weight excluding hydrogens is 649 g/mol. The zero-order valence-corrected chi connectivity index (χ0v) is 33.5. The van der Waals surface area contributed by atoms with Crippen molar-refractivity contribution >= 4 is 0 Å². The van der Waals surface area contributed by atoms with Crippen LogP contribution in [-0.2, 0) is 19.3 Å². The van der Waals surface area contributed by atoms with Crippen LogP contribution in [0.3, 0.4) is 0 Å². The maximum Gasteiger partial charge on any atom is -0.00107 e. The van der Waals surface area contributed by atoms with Gasteiger partial charge >= 0.3 is 0 Å². The van der Waals surface area contributed by atoms with Gasteiger partial charge in [-0.1, -0.05) is 173 Å². The van der Waals surface area contributed by atoms with E-state index in [1.807, 2.05) is 41.5 Å². The molecule has 0 unspecified atom stereocenters. The first kappa shape index (κ1) is 47.3. The Balaban J connectivity index is 0.000000369. The highest BCUT2D eigenvalue weighted by Gasteiger charge is 2.21. The van der Waals surface area contributed by atoms with Crippen LogP contribution in [0.4, 0.5) is 0 Å². The third-order valence-electron chi connectivity index (χ3n) is 10.4. The van der Waals surface area contributed by atoms with Crippen LogP contribution in [0.2, 0.25) is 0 Å². The predicted molar refractivity (Wildman–Crippen MR) is 247 cm³/mol. The Kier molecular flexibility index (Phi) is 19.2. The van der Waals surface area contributed by atoms with Gasteiger partial charge < -0.3 is 0 Å². The minimum absolute atomic E-state index is 0. The van der Waals surface area contributed by atoms with Crippen LogP contribution < -0.4 is 0 Å². The van der Waals surface area contributed by atoms with Gasteiger partial charge in [0.1, 0.15) is 0 Å². The van der Waals surface area contributed by atoms with Crippen molar-refractivity contribution in [2.75, 3.05) is 0 Å². The molecule has 0 radical (unpaired) electrons. The molecule has 54 heavy (non-hydrogen) atoms. The fourth-order valence-electron chi connectivity index (χ4n) is 7.41. The van der Waals surface area contributed by atoms with Gasteiger partial charge in [0.15, 0.2) is 0 Å². The minimum atomic E-state index is 0. The summed E-state index contributed by atoms with van der Waals surface area (Å²) < 4.78 is 0. The summed E-state index contributed by atoms with van der Waals surface area (Å²) in [5, 5.41) is 0. The number of rotatable bonds is 0. The second kappa shape index (κ2) is 21.9. The van der Waals surface area contributed by atoms with Crippen molar-refractivity contribution in [3.05, 3.63) is 176 Å². The van der Waals surface area contributed by atoms with Gasteiger partial charge in [-0.3, -0.25) is 0 Å². The molecule has 9 rings (SSSR count). The zero-order valence-electron chi connectivity index (χ0n) is 33.5. The fourth-order valence-corrected chi connectivity index (χ4v) is 7.41. The number of benzene rings is 6. The van der Waals surface area contributed by atoms with Gasteiger partial charge in [0.2, 0.25) is 0 Å². The summed E-state index contributed by atoms with van der Waals surface area (Å²) in [4.78, 5) is 0. The summed E-state index contributed by atoms with van der Waals surface area (Å²) in [5.41, 5.74) is 26.1. The summed E-state index contributed by atoms with van der Waals surface area (Å²) in [6.45, 7) is 25.2. The molecule has 0 N–H and O–H groups in total. The second-order valence-corrected chi connectivity index (χ2v) is 13.2. The third-order valence-corrected chi connectivity index (χ3v) is 10.4. The normalized spacial score (nSPS) is 10.7. The van der Waals surface area contributed by atoms with E-state index in [9.17, 15) is 0 Å². The predicted octanol–water partition coefficient (Wildman–Crippen LogP) is 16.6. The SMILES string of the molecule is C.C.C.CC.CC.CC.Cc1cc2c(cc1C)-c1ccccc1C2.Cc1ccc2c(c1C)-c1ccccc1C2.Cc1ccc2c(c1C)Cc1ccccc1-2. The molecule has 0 heterocycles. The number of aryl methyl sites for hydroxylation is 4. The number of hydrogen-bond acceptors (Lipinski definition) is 0. The van der Waals surface area contributed by atoms with E-state index in [1.54, 1.807) is 0 Å². The number of fused-ring (bicyclic) bond motifs is 9. The van der Waals surface area contributed by atoms with E-state index in [0.29, 0.717) is 0 Å². The quantitative estimate of drug-likeness (QED) is 0.146. The van der Waals surface area contributed by atoms with E-state index < -0.39 is 0 Å². The monoisotopic (exact) mass is 721 g/mol.